The molecule has 0 saturated carbocycles. The van der Waals surface area contributed by atoms with Crippen molar-refractivity contribution in [3.8, 4) is 0 Å². The van der Waals surface area contributed by atoms with Gasteiger partial charge in [0.15, 0.2) is 0 Å². The van der Waals surface area contributed by atoms with Crippen molar-refractivity contribution in [3.05, 3.63) is 182 Å². The molecule has 8 aromatic carbocycles. The normalized spacial score (nSPS) is 11.6. The van der Waals surface area contributed by atoms with Crippen molar-refractivity contribution in [3.63, 3.8) is 0 Å². The second-order valence-electron chi connectivity index (χ2n) is 12.5. The van der Waals surface area contributed by atoms with E-state index in [2.05, 4.69) is 180 Å². The molecule has 0 fully saturated rings. The van der Waals surface area contributed by atoms with Crippen molar-refractivity contribution in [2.24, 2.45) is 0 Å². The van der Waals surface area contributed by atoms with Crippen molar-refractivity contribution >= 4 is 98.3 Å². The number of fused-ring (bicyclic) bond motifs is 8. The van der Waals surface area contributed by atoms with E-state index in [1.54, 1.807) is 0 Å². The fourth-order valence-corrected chi connectivity index (χ4v) is 8.74. The van der Waals surface area contributed by atoms with E-state index < -0.39 is 0 Å². The average molecular weight is 659 g/mol. The van der Waals surface area contributed by atoms with Crippen LogP contribution >= 0.6 is 11.3 Å². The van der Waals surface area contributed by atoms with E-state index in [1.807, 2.05) is 23.5 Å². The van der Waals surface area contributed by atoms with Crippen LogP contribution in [0.2, 0.25) is 0 Å². The molecule has 0 N–H and O–H groups in total. The molecule has 50 heavy (non-hydrogen) atoms. The Labute approximate surface area is 293 Å². The SMILES string of the molecule is c1ccc(N(c2ccccc2)c2ccc(N(c3ccccc3)c3ccc4c(c3)oc3ccccc34)c3c2sc2c4ccccc4ccc23)cc1. The van der Waals surface area contributed by atoms with Crippen LogP contribution in [0.3, 0.4) is 0 Å². The van der Waals surface area contributed by atoms with Gasteiger partial charge in [0.05, 0.1) is 16.1 Å². The maximum atomic E-state index is 6.42. The summed E-state index contributed by atoms with van der Waals surface area (Å²) in [5.74, 6) is 0. The lowest BCUT2D eigenvalue weighted by molar-refractivity contribution is 0.669. The first-order chi connectivity index (χ1) is 24.8. The molecule has 3 nitrogen and oxygen atoms in total. The first-order valence-corrected chi connectivity index (χ1v) is 17.7. The Hall–Kier alpha value is -6.36. The highest BCUT2D eigenvalue weighted by atomic mass is 32.1. The fourth-order valence-electron chi connectivity index (χ4n) is 7.38. The zero-order valence-electron chi connectivity index (χ0n) is 27.0. The topological polar surface area (TPSA) is 19.6 Å². The molecule has 0 aliphatic carbocycles. The van der Waals surface area contributed by atoms with Gasteiger partial charge >= 0.3 is 0 Å². The zero-order valence-corrected chi connectivity index (χ0v) is 27.8. The summed E-state index contributed by atoms with van der Waals surface area (Å²) in [5, 5.41) is 7.22. The van der Waals surface area contributed by atoms with Gasteiger partial charge < -0.3 is 14.2 Å². The van der Waals surface area contributed by atoms with Gasteiger partial charge in [0.25, 0.3) is 0 Å². The van der Waals surface area contributed by atoms with Crippen LogP contribution < -0.4 is 9.80 Å². The summed E-state index contributed by atoms with van der Waals surface area (Å²) < 4.78 is 8.94. The molecule has 0 atom stereocenters. The molecular formula is C46H30N2OS. The molecule has 0 unspecified atom stereocenters. The van der Waals surface area contributed by atoms with E-state index >= 15 is 0 Å². The standard InChI is InChI=1S/C46H30N2OS/c1-4-15-32(16-5-1)47(33-17-6-2-7-18-33)41-29-28-40(44-39-26-24-31-14-10-11-21-36(31)45(39)50-46(41)44)48(34-19-8-3-9-20-34)35-25-27-38-37-22-12-13-23-42(37)49-43(38)30-35/h1-30H. The molecule has 0 saturated heterocycles. The number of furan rings is 1. The maximum Gasteiger partial charge on any atom is 0.137 e. The third-order valence-corrected chi connectivity index (χ3v) is 10.9. The van der Waals surface area contributed by atoms with Gasteiger partial charge in [0.2, 0.25) is 0 Å². The van der Waals surface area contributed by atoms with Crippen LogP contribution in [-0.4, -0.2) is 0 Å². The summed E-state index contributed by atoms with van der Waals surface area (Å²) in [7, 11) is 0. The molecule has 0 bridgehead atoms. The number of rotatable bonds is 6. The molecule has 0 amide bonds. The molecule has 2 aromatic heterocycles. The lowest BCUT2D eigenvalue weighted by Gasteiger charge is -2.29. The van der Waals surface area contributed by atoms with Crippen LogP contribution in [0.15, 0.2) is 186 Å². The lowest BCUT2D eigenvalue weighted by Crippen LogP contribution is -2.12. The van der Waals surface area contributed by atoms with Crippen LogP contribution in [0.25, 0.3) is 52.9 Å². The highest BCUT2D eigenvalue weighted by molar-refractivity contribution is 7.27. The second kappa shape index (κ2) is 11.7. The van der Waals surface area contributed by atoms with Gasteiger partial charge in [-0.2, -0.15) is 0 Å². The summed E-state index contributed by atoms with van der Waals surface area (Å²) in [6, 6.07) is 64.8. The van der Waals surface area contributed by atoms with E-state index in [9.17, 15) is 0 Å². The molecule has 10 aromatic rings. The molecule has 0 aliphatic rings. The number of para-hydroxylation sites is 4. The fraction of sp³-hybridized carbons (Fsp3) is 0. The Morgan fingerprint density at radius 3 is 1.60 bits per heavy atom. The van der Waals surface area contributed by atoms with Gasteiger partial charge in [-0.05, 0) is 77.5 Å². The summed E-state index contributed by atoms with van der Waals surface area (Å²) >= 11 is 1.88. The van der Waals surface area contributed by atoms with Crippen molar-refractivity contribution < 1.29 is 4.42 Å². The summed E-state index contributed by atoms with van der Waals surface area (Å²) in [6.45, 7) is 0. The number of hydrogen-bond donors (Lipinski definition) is 0. The molecule has 0 spiro atoms. The van der Waals surface area contributed by atoms with E-state index in [-0.39, 0.29) is 0 Å². The van der Waals surface area contributed by atoms with Crippen LogP contribution in [0.1, 0.15) is 0 Å². The first kappa shape index (κ1) is 28.6. The van der Waals surface area contributed by atoms with E-state index in [0.717, 1.165) is 56.1 Å². The second-order valence-corrected chi connectivity index (χ2v) is 13.6. The quantitative estimate of drug-likeness (QED) is 0.177. The van der Waals surface area contributed by atoms with E-state index in [1.165, 1.54) is 30.9 Å². The molecule has 2 heterocycles. The molecule has 0 aliphatic heterocycles. The molecule has 10 rings (SSSR count). The number of anilines is 6. The minimum atomic E-state index is 0.873. The Balaban J connectivity index is 1.30. The zero-order chi connectivity index (χ0) is 33.0. The third-order valence-electron chi connectivity index (χ3n) is 9.61. The third kappa shape index (κ3) is 4.57. The predicted octanol–water partition coefficient (Wildman–Crippen LogP) is 14.0. The monoisotopic (exact) mass is 658 g/mol. The van der Waals surface area contributed by atoms with Crippen LogP contribution in [-0.2, 0) is 0 Å². The number of thiophene rings is 1. The largest absolute Gasteiger partial charge is 0.456 e. The Morgan fingerprint density at radius 2 is 0.900 bits per heavy atom. The number of benzene rings is 8. The Morgan fingerprint density at radius 1 is 0.360 bits per heavy atom. The van der Waals surface area contributed by atoms with Crippen LogP contribution in [0.4, 0.5) is 34.1 Å². The molecular weight excluding hydrogens is 629 g/mol. The Bertz CT molecular complexity index is 2780. The first-order valence-electron chi connectivity index (χ1n) is 16.9. The highest BCUT2D eigenvalue weighted by Crippen LogP contribution is 2.52. The van der Waals surface area contributed by atoms with Crippen molar-refractivity contribution in [2.75, 3.05) is 9.80 Å². The van der Waals surface area contributed by atoms with Gasteiger partial charge in [0.1, 0.15) is 11.2 Å². The number of nitrogens with zero attached hydrogens (tertiary/aromatic N) is 2. The van der Waals surface area contributed by atoms with Gasteiger partial charge in [-0.15, -0.1) is 11.3 Å². The van der Waals surface area contributed by atoms with Crippen LogP contribution in [0, 0.1) is 0 Å². The number of hydrogen-bond acceptors (Lipinski definition) is 4. The van der Waals surface area contributed by atoms with Crippen molar-refractivity contribution in [1.29, 1.82) is 0 Å². The average Bonchev–Trinajstić information content (AvgIpc) is 3.76. The van der Waals surface area contributed by atoms with Gasteiger partial charge in [-0.1, -0.05) is 109 Å². The smallest absolute Gasteiger partial charge is 0.137 e. The van der Waals surface area contributed by atoms with Crippen LogP contribution in [0.5, 0.6) is 0 Å². The minimum absolute atomic E-state index is 0.873. The lowest BCUT2D eigenvalue weighted by atomic mass is 10.0. The van der Waals surface area contributed by atoms with Crippen molar-refractivity contribution in [1.82, 2.24) is 0 Å². The van der Waals surface area contributed by atoms with E-state index in [0.29, 0.717) is 0 Å². The Kier molecular flexibility index (Phi) is 6.68. The summed E-state index contributed by atoms with van der Waals surface area (Å²) in [4.78, 5) is 4.77. The summed E-state index contributed by atoms with van der Waals surface area (Å²) in [6.07, 6.45) is 0. The minimum Gasteiger partial charge on any atom is -0.456 e. The van der Waals surface area contributed by atoms with Gasteiger partial charge in [-0.25, -0.2) is 0 Å². The van der Waals surface area contributed by atoms with Gasteiger partial charge in [0, 0.05) is 55.1 Å². The molecule has 236 valence electrons. The maximum absolute atomic E-state index is 6.42. The van der Waals surface area contributed by atoms with Crippen molar-refractivity contribution in [2.45, 2.75) is 0 Å². The van der Waals surface area contributed by atoms with E-state index in [4.69, 9.17) is 4.42 Å². The predicted molar refractivity (Wildman–Crippen MR) is 213 cm³/mol. The molecule has 4 heteroatoms. The highest BCUT2D eigenvalue weighted by Gasteiger charge is 2.25. The molecule has 0 radical (unpaired) electrons. The van der Waals surface area contributed by atoms with Gasteiger partial charge in [-0.3, -0.25) is 0 Å². The summed E-state index contributed by atoms with van der Waals surface area (Å²) in [5.41, 5.74) is 8.39.